The molecule has 1 N–H and O–H groups in total. The zero-order valence-electron chi connectivity index (χ0n) is 13.1. The van der Waals surface area contributed by atoms with Crippen molar-refractivity contribution in [2.24, 2.45) is 0 Å². The van der Waals surface area contributed by atoms with Gasteiger partial charge in [0.2, 0.25) is 0 Å². The van der Waals surface area contributed by atoms with Crippen LogP contribution in [0.4, 0.5) is 0 Å². The minimum atomic E-state index is 0.625. The first-order valence-corrected chi connectivity index (χ1v) is 7.86. The van der Waals surface area contributed by atoms with Gasteiger partial charge in [0.05, 0.1) is 5.69 Å². The lowest BCUT2D eigenvalue weighted by atomic mass is 10.0. The number of aldehydes is 1. The lowest BCUT2D eigenvalue weighted by molar-refractivity contribution is 0.111. The normalized spacial score (nSPS) is 11.0. The Hall–Kier alpha value is -3.20. The summed E-state index contributed by atoms with van der Waals surface area (Å²) in [5, 5.41) is 10.9. The molecule has 0 unspecified atom stereocenters. The molecular formula is C21H16N2O. The molecule has 0 fully saturated rings. The van der Waals surface area contributed by atoms with Gasteiger partial charge in [-0.05, 0) is 34.0 Å². The molecule has 0 amide bonds. The standard InChI is InChI=1S/C21H16N2O/c22-12-15-8-9-17-11-19(14-24)23(21(17)10-15)13-18-6-3-5-16-4-1-2-7-20(16)18/h1-12,14,22H,13H2. The molecule has 4 rings (SSSR count). The van der Waals surface area contributed by atoms with E-state index in [2.05, 4.69) is 24.3 Å². The quantitative estimate of drug-likeness (QED) is 0.432. The zero-order chi connectivity index (χ0) is 16.5. The summed E-state index contributed by atoms with van der Waals surface area (Å²) in [7, 11) is 0. The van der Waals surface area contributed by atoms with Crippen molar-refractivity contribution >= 4 is 34.2 Å². The molecular weight excluding hydrogens is 296 g/mol. The lowest BCUT2D eigenvalue weighted by Crippen LogP contribution is -2.04. The Morgan fingerprint density at radius 1 is 0.917 bits per heavy atom. The minimum Gasteiger partial charge on any atom is -0.334 e. The van der Waals surface area contributed by atoms with Crippen LogP contribution in [0, 0.1) is 5.41 Å². The number of nitrogens with zero attached hydrogens (tertiary/aromatic N) is 1. The molecule has 0 aliphatic carbocycles. The number of hydrogen-bond donors (Lipinski definition) is 1. The molecule has 24 heavy (non-hydrogen) atoms. The van der Waals surface area contributed by atoms with Crippen molar-refractivity contribution in [3.63, 3.8) is 0 Å². The van der Waals surface area contributed by atoms with E-state index in [1.54, 1.807) is 0 Å². The second-order valence-electron chi connectivity index (χ2n) is 5.87. The number of fused-ring (bicyclic) bond motifs is 2. The minimum absolute atomic E-state index is 0.625. The molecule has 0 aliphatic rings. The van der Waals surface area contributed by atoms with Gasteiger partial charge in [0, 0.05) is 23.7 Å². The summed E-state index contributed by atoms with van der Waals surface area (Å²) < 4.78 is 2.02. The van der Waals surface area contributed by atoms with Crippen molar-refractivity contribution in [1.29, 1.82) is 5.41 Å². The molecule has 1 heterocycles. The molecule has 3 nitrogen and oxygen atoms in total. The number of nitrogens with one attached hydrogen (secondary N) is 1. The van der Waals surface area contributed by atoms with E-state index >= 15 is 0 Å². The molecule has 0 saturated heterocycles. The number of aromatic nitrogens is 1. The van der Waals surface area contributed by atoms with Gasteiger partial charge in [-0.15, -0.1) is 0 Å². The summed E-state index contributed by atoms with van der Waals surface area (Å²) in [6, 6.07) is 22.2. The Labute approximate surface area is 139 Å². The van der Waals surface area contributed by atoms with E-state index in [9.17, 15) is 4.79 Å². The average Bonchev–Trinajstić information content (AvgIpc) is 2.99. The summed E-state index contributed by atoms with van der Waals surface area (Å²) in [5.74, 6) is 0. The number of carbonyl (C=O) groups excluding carboxylic acids is 1. The van der Waals surface area contributed by atoms with Crippen LogP contribution in [0.1, 0.15) is 21.6 Å². The van der Waals surface area contributed by atoms with E-state index in [-0.39, 0.29) is 0 Å². The third-order valence-corrected chi connectivity index (χ3v) is 4.46. The maximum Gasteiger partial charge on any atom is 0.166 e. The Morgan fingerprint density at radius 3 is 2.58 bits per heavy atom. The highest BCUT2D eigenvalue weighted by Gasteiger charge is 2.10. The van der Waals surface area contributed by atoms with Crippen molar-refractivity contribution in [2.75, 3.05) is 0 Å². The van der Waals surface area contributed by atoms with Gasteiger partial charge in [-0.25, -0.2) is 0 Å². The summed E-state index contributed by atoms with van der Waals surface area (Å²) in [4.78, 5) is 11.5. The molecule has 3 heteroatoms. The van der Waals surface area contributed by atoms with Gasteiger partial charge in [0.1, 0.15) is 0 Å². The molecule has 0 aliphatic heterocycles. The van der Waals surface area contributed by atoms with Crippen LogP contribution in [0.25, 0.3) is 21.7 Å². The maximum atomic E-state index is 11.5. The van der Waals surface area contributed by atoms with Crippen molar-refractivity contribution in [2.45, 2.75) is 6.54 Å². The van der Waals surface area contributed by atoms with Crippen LogP contribution < -0.4 is 0 Å². The molecule has 0 atom stereocenters. The Bertz CT molecular complexity index is 1070. The highest BCUT2D eigenvalue weighted by molar-refractivity contribution is 5.93. The van der Waals surface area contributed by atoms with Crippen LogP contribution in [0.2, 0.25) is 0 Å². The number of benzene rings is 3. The van der Waals surface area contributed by atoms with Crippen molar-refractivity contribution in [1.82, 2.24) is 4.57 Å². The Morgan fingerprint density at radius 2 is 1.75 bits per heavy atom. The molecule has 0 bridgehead atoms. The topological polar surface area (TPSA) is 45.9 Å². The fourth-order valence-corrected chi connectivity index (χ4v) is 3.26. The van der Waals surface area contributed by atoms with E-state index < -0.39 is 0 Å². The zero-order valence-corrected chi connectivity index (χ0v) is 13.1. The SMILES string of the molecule is N=Cc1ccc2cc(C=O)n(Cc3cccc4ccccc34)c2c1. The maximum absolute atomic E-state index is 11.5. The summed E-state index contributed by atoms with van der Waals surface area (Å²) in [6.45, 7) is 0.625. The van der Waals surface area contributed by atoms with Gasteiger partial charge in [-0.1, -0.05) is 54.6 Å². The Balaban J connectivity index is 1.92. The van der Waals surface area contributed by atoms with Gasteiger partial charge in [-0.2, -0.15) is 0 Å². The van der Waals surface area contributed by atoms with Crippen LogP contribution in [0.15, 0.2) is 66.7 Å². The highest BCUT2D eigenvalue weighted by Crippen LogP contribution is 2.25. The molecule has 116 valence electrons. The van der Waals surface area contributed by atoms with Crippen LogP contribution >= 0.6 is 0 Å². The molecule has 0 saturated carbocycles. The largest absolute Gasteiger partial charge is 0.334 e. The molecule has 0 radical (unpaired) electrons. The van der Waals surface area contributed by atoms with Gasteiger partial charge in [0.15, 0.2) is 6.29 Å². The first-order valence-electron chi connectivity index (χ1n) is 7.86. The van der Waals surface area contributed by atoms with E-state index in [0.29, 0.717) is 12.2 Å². The summed E-state index contributed by atoms with van der Waals surface area (Å²) >= 11 is 0. The van der Waals surface area contributed by atoms with E-state index in [1.807, 2.05) is 47.0 Å². The second kappa shape index (κ2) is 5.78. The highest BCUT2D eigenvalue weighted by atomic mass is 16.1. The van der Waals surface area contributed by atoms with Crippen molar-refractivity contribution in [3.05, 3.63) is 83.6 Å². The van der Waals surface area contributed by atoms with Crippen LogP contribution in [0.3, 0.4) is 0 Å². The predicted molar refractivity (Wildman–Crippen MR) is 98.3 cm³/mol. The van der Waals surface area contributed by atoms with Gasteiger partial charge in [0.25, 0.3) is 0 Å². The second-order valence-corrected chi connectivity index (χ2v) is 5.87. The number of carbonyl (C=O) groups is 1. The van der Waals surface area contributed by atoms with E-state index in [1.165, 1.54) is 22.6 Å². The molecule has 0 spiro atoms. The van der Waals surface area contributed by atoms with Crippen LogP contribution in [0.5, 0.6) is 0 Å². The molecule has 1 aromatic heterocycles. The Kier molecular flexibility index (Phi) is 3.47. The summed E-state index contributed by atoms with van der Waals surface area (Å²) in [6.07, 6.45) is 2.23. The van der Waals surface area contributed by atoms with Gasteiger partial charge in [-0.3, -0.25) is 4.79 Å². The molecule has 3 aromatic carbocycles. The fourth-order valence-electron chi connectivity index (χ4n) is 3.26. The van der Waals surface area contributed by atoms with Gasteiger partial charge >= 0.3 is 0 Å². The van der Waals surface area contributed by atoms with E-state index in [4.69, 9.17) is 5.41 Å². The summed E-state index contributed by atoms with van der Waals surface area (Å²) in [5.41, 5.74) is 3.64. The average molecular weight is 312 g/mol. The smallest absolute Gasteiger partial charge is 0.166 e. The van der Waals surface area contributed by atoms with E-state index in [0.717, 1.165) is 22.8 Å². The first kappa shape index (κ1) is 14.4. The van der Waals surface area contributed by atoms with Crippen molar-refractivity contribution < 1.29 is 4.79 Å². The third kappa shape index (κ3) is 2.31. The lowest BCUT2D eigenvalue weighted by Gasteiger charge is -2.11. The fraction of sp³-hybridized carbons (Fsp3) is 0.0476. The first-order chi connectivity index (χ1) is 11.8. The number of hydrogen-bond acceptors (Lipinski definition) is 2. The molecule has 4 aromatic rings. The van der Waals surface area contributed by atoms with Gasteiger partial charge < -0.3 is 9.98 Å². The van der Waals surface area contributed by atoms with Crippen molar-refractivity contribution in [3.8, 4) is 0 Å². The third-order valence-electron chi connectivity index (χ3n) is 4.46. The van der Waals surface area contributed by atoms with Crippen LogP contribution in [-0.2, 0) is 6.54 Å². The predicted octanol–water partition coefficient (Wildman–Crippen LogP) is 4.65. The monoisotopic (exact) mass is 312 g/mol. The van der Waals surface area contributed by atoms with Crippen LogP contribution in [-0.4, -0.2) is 17.1 Å². The number of rotatable bonds is 4.